The van der Waals surface area contributed by atoms with Crippen LogP contribution in [0.2, 0.25) is 0 Å². The second-order valence-electron chi connectivity index (χ2n) is 6.00. The van der Waals surface area contributed by atoms with Gasteiger partial charge in [0.2, 0.25) is 0 Å². The van der Waals surface area contributed by atoms with E-state index in [1.165, 1.54) is 17.5 Å². The SMILES string of the molecule is O=C(COc1ccc2c(c1)CCC2)NCC(=O)OCc1ccccc1. The predicted molar refractivity (Wildman–Crippen MR) is 93.2 cm³/mol. The molecule has 1 aliphatic carbocycles. The molecule has 25 heavy (non-hydrogen) atoms. The van der Waals surface area contributed by atoms with Crippen LogP contribution in [0.3, 0.4) is 0 Å². The topological polar surface area (TPSA) is 64.6 Å². The summed E-state index contributed by atoms with van der Waals surface area (Å²) in [5, 5.41) is 2.50. The van der Waals surface area contributed by atoms with Crippen LogP contribution in [-0.2, 0) is 33.8 Å². The summed E-state index contributed by atoms with van der Waals surface area (Å²) in [6, 6.07) is 15.3. The van der Waals surface area contributed by atoms with E-state index in [1.54, 1.807) is 0 Å². The third-order valence-electron chi connectivity index (χ3n) is 4.11. The quantitative estimate of drug-likeness (QED) is 0.787. The number of fused-ring (bicyclic) bond motifs is 1. The molecule has 3 rings (SSSR count). The first-order valence-electron chi connectivity index (χ1n) is 8.41. The first-order chi connectivity index (χ1) is 12.2. The van der Waals surface area contributed by atoms with Gasteiger partial charge in [-0.3, -0.25) is 9.59 Å². The van der Waals surface area contributed by atoms with Crippen molar-refractivity contribution in [3.05, 3.63) is 65.2 Å². The fourth-order valence-corrected chi connectivity index (χ4v) is 2.80. The number of rotatable bonds is 7. The van der Waals surface area contributed by atoms with E-state index < -0.39 is 5.97 Å². The van der Waals surface area contributed by atoms with Crippen LogP contribution in [0.5, 0.6) is 5.75 Å². The van der Waals surface area contributed by atoms with Gasteiger partial charge in [-0.15, -0.1) is 0 Å². The Balaban J connectivity index is 1.35. The van der Waals surface area contributed by atoms with Crippen molar-refractivity contribution in [2.45, 2.75) is 25.9 Å². The highest BCUT2D eigenvalue weighted by molar-refractivity contribution is 5.82. The highest BCUT2D eigenvalue weighted by Crippen LogP contribution is 2.25. The Hall–Kier alpha value is -2.82. The standard InChI is InChI=1S/C20H21NO4/c22-19(14-24-18-10-9-16-7-4-8-17(16)11-18)21-12-20(23)25-13-15-5-2-1-3-6-15/h1-3,5-6,9-11H,4,7-8,12-14H2,(H,21,22). The molecule has 0 bridgehead atoms. The second-order valence-corrected chi connectivity index (χ2v) is 6.00. The molecule has 0 saturated carbocycles. The van der Waals surface area contributed by atoms with Gasteiger partial charge in [0.15, 0.2) is 6.61 Å². The number of hydrogen-bond acceptors (Lipinski definition) is 4. The van der Waals surface area contributed by atoms with Crippen LogP contribution in [-0.4, -0.2) is 25.0 Å². The van der Waals surface area contributed by atoms with E-state index >= 15 is 0 Å². The third-order valence-corrected chi connectivity index (χ3v) is 4.11. The van der Waals surface area contributed by atoms with Gasteiger partial charge in [0.25, 0.3) is 5.91 Å². The summed E-state index contributed by atoms with van der Waals surface area (Å²) in [7, 11) is 0. The lowest BCUT2D eigenvalue weighted by molar-refractivity contribution is -0.145. The van der Waals surface area contributed by atoms with Gasteiger partial charge >= 0.3 is 5.97 Å². The molecule has 2 aromatic carbocycles. The maximum Gasteiger partial charge on any atom is 0.325 e. The average molecular weight is 339 g/mol. The number of carbonyl (C=O) groups is 2. The number of carbonyl (C=O) groups excluding carboxylic acids is 2. The summed E-state index contributed by atoms with van der Waals surface area (Å²) in [6.07, 6.45) is 3.34. The maximum atomic E-state index is 11.8. The molecule has 0 heterocycles. The van der Waals surface area contributed by atoms with E-state index in [1.807, 2.05) is 42.5 Å². The fourth-order valence-electron chi connectivity index (χ4n) is 2.80. The molecule has 0 fully saturated rings. The Morgan fingerprint density at radius 3 is 2.64 bits per heavy atom. The number of aryl methyl sites for hydroxylation is 2. The smallest absolute Gasteiger partial charge is 0.325 e. The van der Waals surface area contributed by atoms with Crippen LogP contribution >= 0.6 is 0 Å². The van der Waals surface area contributed by atoms with Crippen LogP contribution < -0.4 is 10.1 Å². The van der Waals surface area contributed by atoms with Gasteiger partial charge in [0, 0.05) is 0 Å². The highest BCUT2D eigenvalue weighted by Gasteiger charge is 2.12. The van der Waals surface area contributed by atoms with Crippen molar-refractivity contribution in [2.24, 2.45) is 0 Å². The minimum absolute atomic E-state index is 0.120. The Labute approximate surface area is 147 Å². The molecule has 2 aromatic rings. The molecule has 0 aromatic heterocycles. The molecule has 0 saturated heterocycles. The van der Waals surface area contributed by atoms with Gasteiger partial charge in [-0.1, -0.05) is 36.4 Å². The van der Waals surface area contributed by atoms with E-state index in [2.05, 4.69) is 11.4 Å². The zero-order valence-corrected chi connectivity index (χ0v) is 14.0. The van der Waals surface area contributed by atoms with E-state index in [0.717, 1.165) is 18.4 Å². The maximum absolute atomic E-state index is 11.8. The minimum Gasteiger partial charge on any atom is -0.484 e. The Bertz CT molecular complexity index is 743. The number of nitrogens with one attached hydrogen (secondary N) is 1. The number of esters is 1. The fraction of sp³-hybridized carbons (Fsp3) is 0.300. The molecular weight excluding hydrogens is 318 g/mol. The molecule has 0 aliphatic heterocycles. The molecular formula is C20H21NO4. The van der Waals surface area contributed by atoms with Crippen molar-refractivity contribution in [3.8, 4) is 5.75 Å². The van der Waals surface area contributed by atoms with Crippen molar-refractivity contribution in [1.82, 2.24) is 5.32 Å². The van der Waals surface area contributed by atoms with Gasteiger partial charge in [-0.05, 0) is 48.1 Å². The summed E-state index contributed by atoms with van der Waals surface area (Å²) in [5.74, 6) is -0.144. The van der Waals surface area contributed by atoms with Crippen LogP contribution in [0, 0.1) is 0 Å². The van der Waals surface area contributed by atoms with Gasteiger partial charge < -0.3 is 14.8 Å². The number of benzene rings is 2. The molecule has 1 N–H and O–H groups in total. The van der Waals surface area contributed by atoms with Crippen molar-refractivity contribution in [3.63, 3.8) is 0 Å². The first-order valence-corrected chi connectivity index (χ1v) is 8.41. The molecule has 5 nitrogen and oxygen atoms in total. The van der Waals surface area contributed by atoms with Gasteiger partial charge in [0.1, 0.15) is 18.9 Å². The molecule has 130 valence electrons. The molecule has 0 spiro atoms. The lowest BCUT2D eigenvalue weighted by Gasteiger charge is -2.09. The second kappa shape index (κ2) is 8.33. The molecule has 0 radical (unpaired) electrons. The van der Waals surface area contributed by atoms with E-state index in [-0.39, 0.29) is 25.7 Å². The summed E-state index contributed by atoms with van der Waals surface area (Å²) in [4.78, 5) is 23.4. The highest BCUT2D eigenvalue weighted by atomic mass is 16.5. The third kappa shape index (κ3) is 5.08. The minimum atomic E-state index is -0.477. The first kappa shape index (κ1) is 17.0. The lowest BCUT2D eigenvalue weighted by atomic mass is 10.1. The van der Waals surface area contributed by atoms with Crippen LogP contribution in [0.15, 0.2) is 48.5 Å². The van der Waals surface area contributed by atoms with Crippen molar-refractivity contribution in [2.75, 3.05) is 13.2 Å². The summed E-state index contributed by atoms with van der Waals surface area (Å²) in [5.41, 5.74) is 3.56. The van der Waals surface area contributed by atoms with Crippen LogP contribution in [0.1, 0.15) is 23.1 Å². The zero-order chi connectivity index (χ0) is 17.5. The van der Waals surface area contributed by atoms with E-state index in [0.29, 0.717) is 5.75 Å². The van der Waals surface area contributed by atoms with E-state index in [9.17, 15) is 9.59 Å². The number of amides is 1. The zero-order valence-electron chi connectivity index (χ0n) is 14.0. The largest absolute Gasteiger partial charge is 0.484 e. The Kier molecular flexibility index (Phi) is 5.67. The molecule has 1 amide bonds. The summed E-state index contributed by atoms with van der Waals surface area (Å²) in [6.45, 7) is -0.0921. The number of hydrogen-bond donors (Lipinski definition) is 1. The van der Waals surface area contributed by atoms with Gasteiger partial charge in [-0.2, -0.15) is 0 Å². The van der Waals surface area contributed by atoms with E-state index in [4.69, 9.17) is 9.47 Å². The molecule has 0 atom stereocenters. The van der Waals surface area contributed by atoms with Crippen molar-refractivity contribution in [1.29, 1.82) is 0 Å². The van der Waals surface area contributed by atoms with Crippen LogP contribution in [0.4, 0.5) is 0 Å². The average Bonchev–Trinajstić information content (AvgIpc) is 3.11. The summed E-state index contributed by atoms with van der Waals surface area (Å²) >= 11 is 0. The lowest BCUT2D eigenvalue weighted by Crippen LogP contribution is -2.34. The van der Waals surface area contributed by atoms with Gasteiger partial charge in [0.05, 0.1) is 0 Å². The molecule has 5 heteroatoms. The normalized spacial score (nSPS) is 12.3. The van der Waals surface area contributed by atoms with Crippen molar-refractivity contribution >= 4 is 11.9 Å². The summed E-state index contributed by atoms with van der Waals surface area (Å²) < 4.78 is 10.6. The Morgan fingerprint density at radius 2 is 1.80 bits per heavy atom. The number of ether oxygens (including phenoxy) is 2. The molecule has 0 unspecified atom stereocenters. The monoisotopic (exact) mass is 339 g/mol. The Morgan fingerprint density at radius 1 is 1.00 bits per heavy atom. The van der Waals surface area contributed by atoms with Crippen LogP contribution in [0.25, 0.3) is 0 Å². The van der Waals surface area contributed by atoms with Crippen molar-refractivity contribution < 1.29 is 19.1 Å². The molecule has 1 aliphatic rings. The van der Waals surface area contributed by atoms with Gasteiger partial charge in [-0.25, -0.2) is 0 Å². The predicted octanol–water partition coefficient (Wildman–Crippen LogP) is 2.41.